The maximum Gasteiger partial charge on any atom is 0.294 e. The van der Waals surface area contributed by atoms with Crippen molar-refractivity contribution in [3.8, 4) is 0 Å². The third-order valence-electron chi connectivity index (χ3n) is 4.20. The third kappa shape index (κ3) is 3.41. The molecule has 1 amide bonds. The van der Waals surface area contributed by atoms with E-state index >= 15 is 0 Å². The number of hydrogen-bond donors (Lipinski definition) is 0. The summed E-state index contributed by atoms with van der Waals surface area (Å²) in [5.41, 5.74) is 2.59. The first kappa shape index (κ1) is 16.6. The Hall–Kier alpha value is -2.85. The van der Waals surface area contributed by atoms with E-state index < -0.39 is 0 Å². The van der Waals surface area contributed by atoms with Crippen LogP contribution in [0.2, 0.25) is 0 Å². The normalized spacial score (nSPS) is 10.8. The zero-order chi connectivity index (χ0) is 17.9. The molecule has 0 aliphatic heterocycles. The summed E-state index contributed by atoms with van der Waals surface area (Å²) in [5, 5.41) is 0.923. The van der Waals surface area contributed by atoms with Gasteiger partial charge in [0.05, 0.1) is 6.54 Å². The lowest BCUT2D eigenvalue weighted by Gasteiger charge is -2.22. The Morgan fingerprint density at radius 2 is 1.58 bits per heavy atom. The minimum atomic E-state index is -0.160. The van der Waals surface area contributed by atoms with Gasteiger partial charge in [-0.2, -0.15) is 0 Å². The second-order valence-electron chi connectivity index (χ2n) is 6.00. The fourth-order valence-corrected chi connectivity index (χ4v) is 3.15. The van der Waals surface area contributed by atoms with Crippen LogP contribution in [0.1, 0.15) is 16.1 Å². The monoisotopic (exact) mass is 405 g/mol. The first-order valence-corrected chi connectivity index (χ1v) is 9.10. The Bertz CT molecular complexity index is 1010. The first-order valence-electron chi connectivity index (χ1n) is 8.31. The lowest BCUT2D eigenvalue weighted by atomic mass is 10.2. The minimum absolute atomic E-state index is 0.160. The largest absolute Gasteiger partial charge is 0.451 e. The molecule has 4 aromatic rings. The number of benzene rings is 3. The van der Waals surface area contributed by atoms with Gasteiger partial charge >= 0.3 is 0 Å². The Balaban J connectivity index is 1.73. The molecule has 0 saturated carbocycles. The highest BCUT2D eigenvalue weighted by molar-refractivity contribution is 9.10. The summed E-state index contributed by atoms with van der Waals surface area (Å²) in [7, 11) is 0. The summed E-state index contributed by atoms with van der Waals surface area (Å²) < 4.78 is 6.76. The van der Waals surface area contributed by atoms with Gasteiger partial charge in [0.2, 0.25) is 0 Å². The molecule has 0 N–H and O–H groups in total. The van der Waals surface area contributed by atoms with Crippen molar-refractivity contribution in [2.24, 2.45) is 0 Å². The van der Waals surface area contributed by atoms with Gasteiger partial charge in [-0.25, -0.2) is 0 Å². The van der Waals surface area contributed by atoms with Crippen molar-refractivity contribution in [1.29, 1.82) is 0 Å². The molecule has 0 fully saturated rings. The number of anilines is 1. The summed E-state index contributed by atoms with van der Waals surface area (Å²) in [4.78, 5) is 15.0. The van der Waals surface area contributed by atoms with Gasteiger partial charge in [0.15, 0.2) is 5.76 Å². The molecular formula is C22H16BrNO2. The van der Waals surface area contributed by atoms with Crippen molar-refractivity contribution in [2.75, 3.05) is 4.90 Å². The number of furan rings is 1. The van der Waals surface area contributed by atoms with E-state index in [1.54, 1.807) is 11.0 Å². The zero-order valence-corrected chi connectivity index (χ0v) is 15.5. The summed E-state index contributed by atoms with van der Waals surface area (Å²) in [6.45, 7) is 0.471. The average Bonchev–Trinajstić information content (AvgIpc) is 3.11. The molecule has 1 heterocycles. The molecule has 128 valence electrons. The number of carbonyl (C=O) groups is 1. The van der Waals surface area contributed by atoms with Crippen molar-refractivity contribution in [2.45, 2.75) is 6.54 Å². The Kier molecular flexibility index (Phi) is 4.59. The van der Waals surface area contributed by atoms with E-state index in [-0.39, 0.29) is 5.91 Å². The number of carbonyl (C=O) groups excluding carboxylic acids is 1. The molecule has 0 unspecified atom stereocenters. The number of fused-ring (bicyclic) bond motifs is 1. The van der Waals surface area contributed by atoms with Crippen LogP contribution in [0.4, 0.5) is 5.69 Å². The van der Waals surface area contributed by atoms with Crippen molar-refractivity contribution in [3.05, 3.63) is 101 Å². The molecule has 0 saturated heterocycles. The molecule has 0 bridgehead atoms. The van der Waals surface area contributed by atoms with E-state index in [0.717, 1.165) is 21.1 Å². The summed E-state index contributed by atoms with van der Waals surface area (Å²) in [6, 6.07) is 27.1. The fourth-order valence-electron chi connectivity index (χ4n) is 2.89. The van der Waals surface area contributed by atoms with Crippen LogP contribution in [-0.2, 0) is 6.54 Å². The molecular weight excluding hydrogens is 390 g/mol. The van der Waals surface area contributed by atoms with Crippen molar-refractivity contribution >= 4 is 38.5 Å². The van der Waals surface area contributed by atoms with E-state index in [9.17, 15) is 4.79 Å². The predicted octanol–water partition coefficient (Wildman–Crippen LogP) is 6.04. The maximum atomic E-state index is 13.2. The number of nitrogens with zero attached hydrogens (tertiary/aromatic N) is 1. The highest BCUT2D eigenvalue weighted by Gasteiger charge is 2.22. The quantitative estimate of drug-likeness (QED) is 0.414. The van der Waals surface area contributed by atoms with Gasteiger partial charge in [-0.05, 0) is 42.0 Å². The predicted molar refractivity (Wildman–Crippen MR) is 107 cm³/mol. The number of halogens is 1. The summed E-state index contributed by atoms with van der Waals surface area (Å²) in [6.07, 6.45) is 0. The van der Waals surface area contributed by atoms with E-state index in [2.05, 4.69) is 15.9 Å². The number of rotatable bonds is 4. The molecule has 1 aromatic heterocycles. The van der Waals surface area contributed by atoms with Crippen LogP contribution in [0.15, 0.2) is 93.8 Å². The van der Waals surface area contributed by atoms with E-state index in [1.165, 1.54) is 0 Å². The van der Waals surface area contributed by atoms with Crippen LogP contribution in [0, 0.1) is 0 Å². The van der Waals surface area contributed by atoms with Gasteiger partial charge in [-0.1, -0.05) is 64.5 Å². The van der Waals surface area contributed by atoms with E-state index in [4.69, 9.17) is 4.42 Å². The lowest BCUT2D eigenvalue weighted by molar-refractivity contribution is 0.0960. The molecule has 3 nitrogen and oxygen atoms in total. The number of para-hydroxylation sites is 1. The third-order valence-corrected chi connectivity index (χ3v) is 4.73. The molecule has 4 rings (SSSR count). The highest BCUT2D eigenvalue weighted by atomic mass is 79.9. The SMILES string of the molecule is O=C(c1cc2ccccc2o1)N(Cc1ccccc1)c1ccc(Br)cc1. The van der Waals surface area contributed by atoms with Crippen molar-refractivity contribution in [3.63, 3.8) is 0 Å². The summed E-state index contributed by atoms with van der Waals surface area (Å²) >= 11 is 3.44. The van der Waals surface area contributed by atoms with E-state index in [1.807, 2.05) is 78.9 Å². The molecule has 3 aromatic carbocycles. The Labute approximate surface area is 160 Å². The number of amides is 1. The fraction of sp³-hybridized carbons (Fsp3) is 0.0455. The second-order valence-corrected chi connectivity index (χ2v) is 6.92. The molecule has 0 radical (unpaired) electrons. The van der Waals surface area contributed by atoms with Gasteiger partial charge in [0.1, 0.15) is 5.58 Å². The van der Waals surface area contributed by atoms with Crippen LogP contribution in [-0.4, -0.2) is 5.91 Å². The van der Waals surface area contributed by atoms with Crippen LogP contribution in [0.5, 0.6) is 0 Å². The summed E-state index contributed by atoms with van der Waals surface area (Å²) in [5.74, 6) is 0.178. The zero-order valence-electron chi connectivity index (χ0n) is 13.9. The minimum Gasteiger partial charge on any atom is -0.451 e. The molecule has 4 heteroatoms. The molecule has 0 spiro atoms. The molecule has 0 aliphatic carbocycles. The van der Waals surface area contributed by atoms with Crippen LogP contribution < -0.4 is 4.90 Å². The standard InChI is InChI=1S/C22H16BrNO2/c23-18-10-12-19(13-11-18)24(15-16-6-2-1-3-7-16)22(25)21-14-17-8-4-5-9-20(17)26-21/h1-14H,15H2. The van der Waals surface area contributed by atoms with Crippen molar-refractivity contribution < 1.29 is 9.21 Å². The topological polar surface area (TPSA) is 33.5 Å². The van der Waals surface area contributed by atoms with Crippen LogP contribution in [0.25, 0.3) is 11.0 Å². The van der Waals surface area contributed by atoms with Crippen LogP contribution in [0.3, 0.4) is 0 Å². The lowest BCUT2D eigenvalue weighted by Crippen LogP contribution is -2.30. The second kappa shape index (κ2) is 7.18. The van der Waals surface area contributed by atoms with Gasteiger partial charge in [0, 0.05) is 15.5 Å². The number of hydrogen-bond acceptors (Lipinski definition) is 2. The molecule has 0 atom stereocenters. The van der Waals surface area contributed by atoms with Crippen LogP contribution >= 0.6 is 15.9 Å². The Morgan fingerprint density at radius 1 is 0.885 bits per heavy atom. The first-order chi connectivity index (χ1) is 12.7. The highest BCUT2D eigenvalue weighted by Crippen LogP contribution is 2.25. The van der Waals surface area contributed by atoms with Gasteiger partial charge in [-0.15, -0.1) is 0 Å². The maximum absolute atomic E-state index is 13.2. The van der Waals surface area contributed by atoms with Gasteiger partial charge in [-0.3, -0.25) is 4.79 Å². The Morgan fingerprint density at radius 3 is 2.31 bits per heavy atom. The van der Waals surface area contributed by atoms with E-state index in [0.29, 0.717) is 17.9 Å². The molecule has 26 heavy (non-hydrogen) atoms. The smallest absolute Gasteiger partial charge is 0.294 e. The van der Waals surface area contributed by atoms with Gasteiger partial charge in [0.25, 0.3) is 5.91 Å². The van der Waals surface area contributed by atoms with Crippen molar-refractivity contribution in [1.82, 2.24) is 0 Å². The average molecular weight is 406 g/mol. The molecule has 0 aliphatic rings. The van der Waals surface area contributed by atoms with Gasteiger partial charge < -0.3 is 9.32 Å².